The molecule has 0 bridgehead atoms. The molecule has 160 valence electrons. The Balaban J connectivity index is 1.62. The highest BCUT2D eigenvalue weighted by molar-refractivity contribution is 6.06. The summed E-state index contributed by atoms with van der Waals surface area (Å²) in [6.45, 7) is 6.07. The van der Waals surface area contributed by atoms with E-state index in [-0.39, 0.29) is 17.9 Å². The molecule has 31 heavy (non-hydrogen) atoms. The molecule has 1 aromatic heterocycles. The van der Waals surface area contributed by atoms with Gasteiger partial charge in [0.2, 0.25) is 0 Å². The first-order chi connectivity index (χ1) is 15.0. The molecule has 0 saturated carbocycles. The lowest BCUT2D eigenvalue weighted by Gasteiger charge is -2.33. The highest BCUT2D eigenvalue weighted by atomic mass is 16.5. The van der Waals surface area contributed by atoms with E-state index < -0.39 is 0 Å². The zero-order valence-electron chi connectivity index (χ0n) is 17.9. The number of ether oxygens (including phenoxy) is 1. The molecule has 1 N–H and O–H groups in total. The van der Waals surface area contributed by atoms with Crippen molar-refractivity contribution >= 4 is 22.7 Å². The van der Waals surface area contributed by atoms with Crippen molar-refractivity contribution in [2.75, 3.05) is 26.2 Å². The third-order valence-electron chi connectivity index (χ3n) is 5.36. The van der Waals surface area contributed by atoms with Crippen molar-refractivity contribution < 1.29 is 14.3 Å². The Morgan fingerprint density at radius 1 is 1.13 bits per heavy atom. The van der Waals surface area contributed by atoms with Gasteiger partial charge in [-0.2, -0.15) is 0 Å². The molecule has 0 unspecified atom stereocenters. The molecule has 2 aromatic carbocycles. The minimum Gasteiger partial charge on any atom is -0.368 e. The molecule has 3 aromatic rings. The van der Waals surface area contributed by atoms with Gasteiger partial charge >= 0.3 is 0 Å². The predicted molar refractivity (Wildman–Crippen MR) is 120 cm³/mol. The Bertz CT molecular complexity index is 1080. The van der Waals surface area contributed by atoms with E-state index in [1.54, 1.807) is 11.0 Å². The number of pyridine rings is 1. The van der Waals surface area contributed by atoms with Crippen LogP contribution in [0.5, 0.6) is 0 Å². The van der Waals surface area contributed by atoms with Gasteiger partial charge in [0, 0.05) is 24.0 Å². The molecule has 2 heterocycles. The molecule has 0 spiro atoms. The predicted octanol–water partition coefficient (Wildman–Crippen LogP) is 3.83. The third kappa shape index (κ3) is 4.75. The first-order valence-corrected chi connectivity index (χ1v) is 10.7. The Kier molecular flexibility index (Phi) is 6.28. The van der Waals surface area contributed by atoms with Gasteiger partial charge in [-0.25, -0.2) is 4.98 Å². The number of nitrogens with zero attached hydrogens (tertiary/aromatic N) is 2. The number of hydrogen-bond donors (Lipinski definition) is 1. The summed E-state index contributed by atoms with van der Waals surface area (Å²) in [7, 11) is 0. The second-order valence-corrected chi connectivity index (χ2v) is 8.19. The molecule has 0 aliphatic carbocycles. The molecule has 2 amide bonds. The minimum atomic E-state index is -0.386. The molecule has 6 heteroatoms. The third-order valence-corrected chi connectivity index (χ3v) is 5.36. The maximum Gasteiger partial charge on any atom is 0.254 e. The fourth-order valence-electron chi connectivity index (χ4n) is 3.72. The second-order valence-electron chi connectivity index (χ2n) is 8.19. The first-order valence-electron chi connectivity index (χ1n) is 10.7. The topological polar surface area (TPSA) is 71.5 Å². The van der Waals surface area contributed by atoms with Crippen LogP contribution in [-0.2, 0) is 4.74 Å². The van der Waals surface area contributed by atoms with Crippen LogP contribution in [0.4, 0.5) is 0 Å². The van der Waals surface area contributed by atoms with Crippen LogP contribution in [0.1, 0.15) is 46.4 Å². The van der Waals surface area contributed by atoms with Gasteiger partial charge < -0.3 is 15.0 Å². The molecule has 6 nitrogen and oxygen atoms in total. The number of benzene rings is 2. The number of amides is 2. The van der Waals surface area contributed by atoms with Crippen LogP contribution in [0.2, 0.25) is 0 Å². The van der Waals surface area contributed by atoms with Crippen molar-refractivity contribution in [2.24, 2.45) is 5.92 Å². The van der Waals surface area contributed by atoms with E-state index in [9.17, 15) is 9.59 Å². The summed E-state index contributed by atoms with van der Waals surface area (Å²) in [5, 5.41) is 3.80. The van der Waals surface area contributed by atoms with Crippen LogP contribution < -0.4 is 5.32 Å². The number of morpholine rings is 1. The molecular formula is C25H27N3O3. The van der Waals surface area contributed by atoms with E-state index in [1.807, 2.05) is 54.6 Å². The molecule has 1 fully saturated rings. The molecule has 1 aliphatic heterocycles. The monoisotopic (exact) mass is 417 g/mol. The Morgan fingerprint density at radius 2 is 1.87 bits per heavy atom. The maximum atomic E-state index is 12.9. The number of carbonyl (C=O) groups excluding carboxylic acids is 2. The SMILES string of the molecule is CC(C)CNC(=O)c1cc([C@@H]2CN(C(=O)c3ccccc3)CCO2)nc2ccccc12. The lowest BCUT2D eigenvalue weighted by atomic mass is 10.0. The van der Waals surface area contributed by atoms with Gasteiger partial charge in [-0.3, -0.25) is 9.59 Å². The zero-order chi connectivity index (χ0) is 21.8. The van der Waals surface area contributed by atoms with Crippen molar-refractivity contribution in [1.82, 2.24) is 15.2 Å². The summed E-state index contributed by atoms with van der Waals surface area (Å²) < 4.78 is 5.97. The summed E-state index contributed by atoms with van der Waals surface area (Å²) in [4.78, 5) is 32.4. The van der Waals surface area contributed by atoms with Crippen LogP contribution in [-0.4, -0.2) is 47.9 Å². The van der Waals surface area contributed by atoms with Gasteiger partial charge in [0.25, 0.3) is 11.8 Å². The van der Waals surface area contributed by atoms with Gasteiger partial charge in [0.15, 0.2) is 0 Å². The average Bonchev–Trinajstić information content (AvgIpc) is 2.82. The summed E-state index contributed by atoms with van der Waals surface area (Å²) >= 11 is 0. The second kappa shape index (κ2) is 9.27. The maximum absolute atomic E-state index is 12.9. The van der Waals surface area contributed by atoms with E-state index >= 15 is 0 Å². The number of aromatic nitrogens is 1. The molecule has 0 radical (unpaired) electrons. The highest BCUT2D eigenvalue weighted by Crippen LogP contribution is 2.27. The van der Waals surface area contributed by atoms with Crippen molar-refractivity contribution in [2.45, 2.75) is 20.0 Å². The summed E-state index contributed by atoms with van der Waals surface area (Å²) in [5.41, 5.74) is 2.64. The van der Waals surface area contributed by atoms with Crippen molar-refractivity contribution in [1.29, 1.82) is 0 Å². The van der Waals surface area contributed by atoms with Gasteiger partial charge in [0.1, 0.15) is 6.10 Å². The van der Waals surface area contributed by atoms with E-state index in [1.165, 1.54) is 0 Å². The lowest BCUT2D eigenvalue weighted by Crippen LogP contribution is -2.42. The van der Waals surface area contributed by atoms with Crippen LogP contribution in [0, 0.1) is 5.92 Å². The van der Waals surface area contributed by atoms with Gasteiger partial charge in [-0.05, 0) is 30.2 Å². The summed E-state index contributed by atoms with van der Waals surface area (Å²) in [6.07, 6.45) is -0.386. The van der Waals surface area contributed by atoms with Crippen molar-refractivity contribution in [3.8, 4) is 0 Å². The smallest absolute Gasteiger partial charge is 0.254 e. The number of nitrogens with one attached hydrogen (secondary N) is 1. The molecule has 1 atom stereocenters. The Labute approximate surface area is 182 Å². The largest absolute Gasteiger partial charge is 0.368 e. The number of carbonyl (C=O) groups is 2. The standard InChI is InChI=1S/C25H27N3O3/c1-17(2)15-26-24(29)20-14-22(27-21-11-7-6-10-19(20)21)23-16-28(12-13-31-23)25(30)18-8-4-3-5-9-18/h3-11,14,17,23H,12-13,15-16H2,1-2H3,(H,26,29)/t23-/m0/s1. The van der Waals surface area contributed by atoms with Crippen LogP contribution in [0.3, 0.4) is 0 Å². The van der Waals surface area contributed by atoms with E-state index in [2.05, 4.69) is 19.2 Å². The number of hydrogen-bond acceptors (Lipinski definition) is 4. The number of fused-ring (bicyclic) bond motifs is 1. The fraction of sp³-hybridized carbons (Fsp3) is 0.320. The molecular weight excluding hydrogens is 390 g/mol. The zero-order valence-corrected chi connectivity index (χ0v) is 17.9. The van der Waals surface area contributed by atoms with Gasteiger partial charge in [0.05, 0.1) is 29.9 Å². The fourth-order valence-corrected chi connectivity index (χ4v) is 3.72. The molecule has 1 saturated heterocycles. The minimum absolute atomic E-state index is 0.0235. The van der Waals surface area contributed by atoms with Crippen molar-refractivity contribution in [3.63, 3.8) is 0 Å². The van der Waals surface area contributed by atoms with E-state index in [0.29, 0.717) is 49.0 Å². The number of rotatable bonds is 5. The Morgan fingerprint density at radius 3 is 2.65 bits per heavy atom. The van der Waals surface area contributed by atoms with Crippen LogP contribution in [0.15, 0.2) is 60.7 Å². The van der Waals surface area contributed by atoms with E-state index in [0.717, 1.165) is 10.9 Å². The first kappa shape index (κ1) is 21.0. The van der Waals surface area contributed by atoms with Crippen LogP contribution in [0.25, 0.3) is 10.9 Å². The average molecular weight is 418 g/mol. The van der Waals surface area contributed by atoms with Crippen LogP contribution >= 0.6 is 0 Å². The van der Waals surface area contributed by atoms with E-state index in [4.69, 9.17) is 9.72 Å². The Hall–Kier alpha value is -3.25. The highest BCUT2D eigenvalue weighted by Gasteiger charge is 2.28. The van der Waals surface area contributed by atoms with Gasteiger partial charge in [-0.15, -0.1) is 0 Å². The quantitative estimate of drug-likeness (QED) is 0.685. The van der Waals surface area contributed by atoms with Crippen molar-refractivity contribution in [3.05, 3.63) is 77.5 Å². The summed E-state index contributed by atoms with van der Waals surface area (Å²) in [5.74, 6) is 0.210. The normalized spacial score (nSPS) is 16.5. The van der Waals surface area contributed by atoms with Gasteiger partial charge in [-0.1, -0.05) is 50.2 Å². The number of para-hydroxylation sites is 1. The molecule has 4 rings (SSSR count). The summed E-state index contributed by atoms with van der Waals surface area (Å²) in [6, 6.07) is 18.7. The lowest BCUT2D eigenvalue weighted by molar-refractivity contribution is -0.0246. The molecule has 1 aliphatic rings.